The monoisotopic (exact) mass is 423 g/mol. The van der Waals surface area contributed by atoms with Crippen LogP contribution in [0.15, 0.2) is 53.5 Å². The van der Waals surface area contributed by atoms with Gasteiger partial charge in [-0.2, -0.15) is 0 Å². The maximum absolute atomic E-state index is 12.1. The Morgan fingerprint density at radius 1 is 1.06 bits per heavy atom. The summed E-state index contributed by atoms with van der Waals surface area (Å²) in [6, 6.07) is 15.8. The Balaban J connectivity index is 1.63. The molecule has 0 spiro atoms. The molecule has 7 heteroatoms. The van der Waals surface area contributed by atoms with Crippen LogP contribution in [0.1, 0.15) is 22.8 Å². The summed E-state index contributed by atoms with van der Waals surface area (Å²) >= 11 is 0. The summed E-state index contributed by atoms with van der Waals surface area (Å²) < 4.78 is 5.52. The molecule has 1 fully saturated rings. The molecule has 1 saturated heterocycles. The summed E-state index contributed by atoms with van der Waals surface area (Å²) in [5.41, 5.74) is 2.91. The van der Waals surface area contributed by atoms with Gasteiger partial charge in [0.15, 0.2) is 5.96 Å². The molecule has 1 aliphatic rings. The molecular weight excluding hydrogens is 390 g/mol. The van der Waals surface area contributed by atoms with Gasteiger partial charge in [-0.15, -0.1) is 0 Å². The SMILES string of the molecule is CCNC(=NCc1ccc(C(=O)N(C)C)cc1)N1CCN(c2ccccc2OC)CC1. The third kappa shape index (κ3) is 5.69. The average Bonchev–Trinajstić information content (AvgIpc) is 2.81. The highest BCUT2D eigenvalue weighted by Crippen LogP contribution is 2.28. The molecule has 2 aromatic rings. The second-order valence-corrected chi connectivity index (χ2v) is 7.71. The van der Waals surface area contributed by atoms with Crippen molar-refractivity contribution in [3.05, 3.63) is 59.7 Å². The van der Waals surface area contributed by atoms with Crippen LogP contribution >= 0.6 is 0 Å². The molecule has 1 N–H and O–H groups in total. The van der Waals surface area contributed by atoms with E-state index >= 15 is 0 Å². The first-order valence-corrected chi connectivity index (χ1v) is 10.7. The van der Waals surface area contributed by atoms with E-state index in [2.05, 4.69) is 28.1 Å². The smallest absolute Gasteiger partial charge is 0.253 e. The van der Waals surface area contributed by atoms with Gasteiger partial charge >= 0.3 is 0 Å². The second-order valence-electron chi connectivity index (χ2n) is 7.71. The molecule has 0 aliphatic carbocycles. The maximum atomic E-state index is 12.1. The predicted octanol–water partition coefficient (Wildman–Crippen LogP) is 2.68. The zero-order chi connectivity index (χ0) is 22.2. The Morgan fingerprint density at radius 2 is 1.74 bits per heavy atom. The van der Waals surface area contributed by atoms with E-state index in [0.717, 1.165) is 55.7 Å². The van der Waals surface area contributed by atoms with Crippen molar-refractivity contribution in [2.24, 2.45) is 4.99 Å². The molecule has 0 saturated carbocycles. The highest BCUT2D eigenvalue weighted by molar-refractivity contribution is 5.93. The van der Waals surface area contributed by atoms with E-state index in [1.54, 1.807) is 26.1 Å². The molecule has 7 nitrogen and oxygen atoms in total. The first-order valence-electron chi connectivity index (χ1n) is 10.7. The van der Waals surface area contributed by atoms with Crippen LogP contribution in [0.2, 0.25) is 0 Å². The predicted molar refractivity (Wildman–Crippen MR) is 126 cm³/mol. The third-order valence-electron chi connectivity index (χ3n) is 5.36. The van der Waals surface area contributed by atoms with Crippen LogP contribution in [0.5, 0.6) is 5.75 Å². The Bertz CT molecular complexity index is 887. The fraction of sp³-hybridized carbons (Fsp3) is 0.417. The molecule has 3 rings (SSSR count). The molecule has 1 aliphatic heterocycles. The third-order valence-corrected chi connectivity index (χ3v) is 5.36. The van der Waals surface area contributed by atoms with Crippen molar-refractivity contribution in [3.63, 3.8) is 0 Å². The maximum Gasteiger partial charge on any atom is 0.253 e. The number of hydrogen-bond donors (Lipinski definition) is 1. The van der Waals surface area contributed by atoms with Gasteiger partial charge in [0.05, 0.1) is 19.3 Å². The zero-order valence-electron chi connectivity index (χ0n) is 19.0. The van der Waals surface area contributed by atoms with Gasteiger partial charge in [-0.3, -0.25) is 4.79 Å². The number of rotatable bonds is 6. The van der Waals surface area contributed by atoms with E-state index < -0.39 is 0 Å². The van der Waals surface area contributed by atoms with Crippen LogP contribution in [-0.4, -0.2) is 75.6 Å². The number of aliphatic imine (C=N–C) groups is 1. The van der Waals surface area contributed by atoms with Crippen LogP contribution in [0.3, 0.4) is 0 Å². The number of anilines is 1. The summed E-state index contributed by atoms with van der Waals surface area (Å²) in [5.74, 6) is 1.85. The van der Waals surface area contributed by atoms with E-state index in [-0.39, 0.29) is 5.91 Å². The lowest BCUT2D eigenvalue weighted by Gasteiger charge is -2.38. The molecule has 2 aromatic carbocycles. The number of amides is 1. The van der Waals surface area contributed by atoms with Crippen molar-refractivity contribution in [2.75, 3.05) is 58.8 Å². The van der Waals surface area contributed by atoms with E-state index in [1.165, 1.54) is 0 Å². The first-order chi connectivity index (χ1) is 15.0. The van der Waals surface area contributed by atoms with Crippen LogP contribution in [0.25, 0.3) is 0 Å². The molecule has 31 heavy (non-hydrogen) atoms. The number of piperazine rings is 1. The lowest BCUT2D eigenvalue weighted by atomic mass is 10.1. The summed E-state index contributed by atoms with van der Waals surface area (Å²) in [7, 11) is 5.24. The van der Waals surface area contributed by atoms with Gasteiger partial charge in [-0.05, 0) is 36.8 Å². The van der Waals surface area contributed by atoms with Crippen LogP contribution < -0.4 is 15.0 Å². The molecule has 0 bridgehead atoms. The molecular formula is C24H33N5O2. The van der Waals surface area contributed by atoms with Gasteiger partial charge in [-0.25, -0.2) is 4.99 Å². The lowest BCUT2D eigenvalue weighted by molar-refractivity contribution is 0.0827. The number of carbonyl (C=O) groups excluding carboxylic acids is 1. The number of guanidine groups is 1. The molecule has 166 valence electrons. The number of benzene rings is 2. The highest BCUT2D eigenvalue weighted by atomic mass is 16.5. The highest BCUT2D eigenvalue weighted by Gasteiger charge is 2.21. The van der Waals surface area contributed by atoms with Crippen molar-refractivity contribution in [3.8, 4) is 5.75 Å². The van der Waals surface area contributed by atoms with Gasteiger partial charge in [0.1, 0.15) is 5.75 Å². The fourth-order valence-corrected chi connectivity index (χ4v) is 3.65. The van der Waals surface area contributed by atoms with Gasteiger partial charge in [0, 0.05) is 52.4 Å². The Kier molecular flexibility index (Phi) is 7.76. The number of nitrogens with one attached hydrogen (secondary N) is 1. The standard InChI is InChI=1S/C24H33N5O2/c1-5-25-24(26-18-19-10-12-20(13-11-19)23(30)27(2)3)29-16-14-28(15-17-29)21-8-6-7-9-22(21)31-4/h6-13H,5,14-18H2,1-4H3,(H,25,26). The van der Waals surface area contributed by atoms with E-state index in [1.807, 2.05) is 42.5 Å². The number of hydrogen-bond acceptors (Lipinski definition) is 4. The number of nitrogens with zero attached hydrogens (tertiary/aromatic N) is 4. The minimum Gasteiger partial charge on any atom is -0.495 e. The molecule has 1 amide bonds. The molecule has 0 unspecified atom stereocenters. The van der Waals surface area contributed by atoms with Crippen LogP contribution in [-0.2, 0) is 6.54 Å². The topological polar surface area (TPSA) is 60.4 Å². The summed E-state index contributed by atoms with van der Waals surface area (Å²) in [6.07, 6.45) is 0. The van der Waals surface area contributed by atoms with E-state index in [4.69, 9.17) is 9.73 Å². The first kappa shape index (κ1) is 22.5. The van der Waals surface area contributed by atoms with Crippen molar-refractivity contribution in [2.45, 2.75) is 13.5 Å². The van der Waals surface area contributed by atoms with Crippen molar-refractivity contribution < 1.29 is 9.53 Å². The summed E-state index contributed by atoms with van der Waals surface area (Å²) in [5, 5.41) is 3.42. The van der Waals surface area contributed by atoms with E-state index in [0.29, 0.717) is 12.1 Å². The van der Waals surface area contributed by atoms with Gasteiger partial charge in [0.2, 0.25) is 0 Å². The lowest BCUT2D eigenvalue weighted by Crippen LogP contribution is -2.52. The molecule has 1 heterocycles. The summed E-state index contributed by atoms with van der Waals surface area (Å²) in [4.78, 5) is 23.1. The van der Waals surface area contributed by atoms with Crippen molar-refractivity contribution in [1.82, 2.24) is 15.1 Å². The number of para-hydroxylation sites is 2. The minimum atomic E-state index is 0.0105. The largest absolute Gasteiger partial charge is 0.495 e. The number of ether oxygens (including phenoxy) is 1. The van der Waals surface area contributed by atoms with Crippen LogP contribution in [0, 0.1) is 0 Å². The Hall–Kier alpha value is -3.22. The number of methoxy groups -OCH3 is 1. The Labute approximate surface area is 185 Å². The van der Waals surface area contributed by atoms with Gasteiger partial charge in [-0.1, -0.05) is 24.3 Å². The van der Waals surface area contributed by atoms with Gasteiger partial charge < -0.3 is 24.8 Å². The fourth-order valence-electron chi connectivity index (χ4n) is 3.65. The minimum absolute atomic E-state index is 0.0105. The zero-order valence-corrected chi connectivity index (χ0v) is 19.0. The van der Waals surface area contributed by atoms with Crippen molar-refractivity contribution in [1.29, 1.82) is 0 Å². The van der Waals surface area contributed by atoms with Crippen molar-refractivity contribution >= 4 is 17.6 Å². The molecule has 0 aromatic heterocycles. The number of carbonyl (C=O) groups is 1. The summed E-state index contributed by atoms with van der Waals surface area (Å²) in [6.45, 7) is 7.08. The van der Waals surface area contributed by atoms with Gasteiger partial charge in [0.25, 0.3) is 5.91 Å². The van der Waals surface area contributed by atoms with E-state index in [9.17, 15) is 4.79 Å². The Morgan fingerprint density at radius 3 is 2.35 bits per heavy atom. The quantitative estimate of drug-likeness (QED) is 0.572. The molecule has 0 atom stereocenters. The average molecular weight is 424 g/mol. The normalized spacial score (nSPS) is 14.4. The molecule has 0 radical (unpaired) electrons. The van der Waals surface area contributed by atoms with Crippen LogP contribution in [0.4, 0.5) is 5.69 Å². The second kappa shape index (κ2) is 10.7.